The zero-order chi connectivity index (χ0) is 11.1. The SMILES string of the molecule is CO.O=C(O)c1ccccc1C(=O)O. The Morgan fingerprint density at radius 2 is 1.21 bits per heavy atom. The van der Waals surface area contributed by atoms with Gasteiger partial charge in [0.15, 0.2) is 0 Å². The molecule has 0 fully saturated rings. The van der Waals surface area contributed by atoms with E-state index < -0.39 is 11.9 Å². The van der Waals surface area contributed by atoms with Crippen LogP contribution in [0.4, 0.5) is 0 Å². The fourth-order valence-corrected chi connectivity index (χ4v) is 0.856. The summed E-state index contributed by atoms with van der Waals surface area (Å²) in [7, 11) is 1.00. The van der Waals surface area contributed by atoms with Gasteiger partial charge >= 0.3 is 11.9 Å². The third-order valence-corrected chi connectivity index (χ3v) is 1.39. The molecule has 0 unspecified atom stereocenters. The zero-order valence-electron chi connectivity index (χ0n) is 7.47. The predicted octanol–water partition coefficient (Wildman–Crippen LogP) is 0.692. The molecule has 1 rings (SSSR count). The van der Waals surface area contributed by atoms with Crippen molar-refractivity contribution in [1.82, 2.24) is 0 Å². The summed E-state index contributed by atoms with van der Waals surface area (Å²) in [6, 6.07) is 5.48. The van der Waals surface area contributed by atoms with Gasteiger partial charge in [-0.1, -0.05) is 12.1 Å². The average Bonchev–Trinajstić information content (AvgIpc) is 2.20. The number of hydrogen-bond donors (Lipinski definition) is 3. The maximum absolute atomic E-state index is 10.5. The summed E-state index contributed by atoms with van der Waals surface area (Å²) in [5.74, 6) is -2.46. The summed E-state index contributed by atoms with van der Waals surface area (Å²) >= 11 is 0. The van der Waals surface area contributed by atoms with Crippen LogP contribution in [-0.2, 0) is 0 Å². The van der Waals surface area contributed by atoms with Crippen LogP contribution in [0.5, 0.6) is 0 Å². The molecule has 5 nitrogen and oxygen atoms in total. The van der Waals surface area contributed by atoms with Crippen LogP contribution in [-0.4, -0.2) is 34.4 Å². The van der Waals surface area contributed by atoms with E-state index in [0.717, 1.165) is 7.11 Å². The molecular weight excluding hydrogens is 188 g/mol. The van der Waals surface area contributed by atoms with Gasteiger partial charge in [-0.3, -0.25) is 0 Å². The molecule has 0 saturated heterocycles. The molecule has 76 valence electrons. The maximum atomic E-state index is 10.5. The van der Waals surface area contributed by atoms with Gasteiger partial charge in [0, 0.05) is 7.11 Å². The van der Waals surface area contributed by atoms with E-state index in [2.05, 4.69) is 0 Å². The van der Waals surface area contributed by atoms with Crippen LogP contribution in [0, 0.1) is 0 Å². The zero-order valence-corrected chi connectivity index (χ0v) is 7.47. The van der Waals surface area contributed by atoms with Crippen LogP contribution in [0.1, 0.15) is 20.7 Å². The number of carboxylic acid groups (broad SMARTS) is 2. The quantitative estimate of drug-likeness (QED) is 0.649. The van der Waals surface area contributed by atoms with Crippen molar-refractivity contribution in [3.05, 3.63) is 35.4 Å². The Hall–Kier alpha value is -1.88. The van der Waals surface area contributed by atoms with Crippen LogP contribution in [0.15, 0.2) is 24.3 Å². The topological polar surface area (TPSA) is 94.8 Å². The minimum Gasteiger partial charge on any atom is -0.478 e. The lowest BCUT2D eigenvalue weighted by atomic mass is 10.1. The number of aliphatic hydroxyl groups is 1. The standard InChI is InChI=1S/C8H6O4.CH4O/c9-7(10)5-3-1-2-4-6(5)8(11)12;1-2/h1-4H,(H,9,10)(H,11,12);2H,1H3. The molecule has 0 bridgehead atoms. The number of carboxylic acids is 2. The molecule has 0 radical (unpaired) electrons. The highest BCUT2D eigenvalue weighted by Gasteiger charge is 2.13. The number of aliphatic hydroxyl groups excluding tert-OH is 1. The van der Waals surface area contributed by atoms with Crippen molar-refractivity contribution in [1.29, 1.82) is 0 Å². The van der Waals surface area contributed by atoms with E-state index in [0.29, 0.717) is 0 Å². The lowest BCUT2D eigenvalue weighted by Crippen LogP contribution is -2.06. The molecule has 0 atom stereocenters. The molecule has 0 saturated carbocycles. The Balaban J connectivity index is 0.000000791. The Bertz CT molecular complexity index is 299. The Labute approximate surface area is 80.2 Å². The van der Waals surface area contributed by atoms with E-state index in [1.54, 1.807) is 0 Å². The molecular formula is C9H10O5. The van der Waals surface area contributed by atoms with Gasteiger partial charge < -0.3 is 15.3 Å². The van der Waals surface area contributed by atoms with E-state index in [9.17, 15) is 9.59 Å². The molecule has 0 aliphatic heterocycles. The largest absolute Gasteiger partial charge is 0.478 e. The summed E-state index contributed by atoms with van der Waals surface area (Å²) in [5, 5.41) is 24.1. The maximum Gasteiger partial charge on any atom is 0.336 e. The molecule has 1 aromatic rings. The van der Waals surface area contributed by atoms with E-state index in [-0.39, 0.29) is 11.1 Å². The fraction of sp³-hybridized carbons (Fsp3) is 0.111. The first-order valence-electron chi connectivity index (χ1n) is 3.63. The van der Waals surface area contributed by atoms with Crippen molar-refractivity contribution in [3.63, 3.8) is 0 Å². The Kier molecular flexibility index (Phi) is 4.95. The molecule has 5 heteroatoms. The number of carbonyl (C=O) groups is 2. The normalized spacial score (nSPS) is 8.43. The minimum atomic E-state index is -1.23. The van der Waals surface area contributed by atoms with Crippen molar-refractivity contribution in [2.75, 3.05) is 7.11 Å². The van der Waals surface area contributed by atoms with Crippen molar-refractivity contribution >= 4 is 11.9 Å². The number of hydrogen-bond acceptors (Lipinski definition) is 3. The summed E-state index contributed by atoms with van der Waals surface area (Å²) < 4.78 is 0. The lowest BCUT2D eigenvalue weighted by molar-refractivity contribution is 0.0651. The summed E-state index contributed by atoms with van der Waals surface area (Å²) in [6.07, 6.45) is 0. The summed E-state index contributed by atoms with van der Waals surface area (Å²) in [4.78, 5) is 20.9. The van der Waals surface area contributed by atoms with Gasteiger partial charge in [0.1, 0.15) is 0 Å². The molecule has 0 aliphatic rings. The van der Waals surface area contributed by atoms with Crippen LogP contribution in [0.3, 0.4) is 0 Å². The second-order valence-electron chi connectivity index (χ2n) is 2.16. The van der Waals surface area contributed by atoms with E-state index in [1.165, 1.54) is 24.3 Å². The number of rotatable bonds is 2. The first-order valence-corrected chi connectivity index (χ1v) is 3.63. The monoisotopic (exact) mass is 198 g/mol. The van der Waals surface area contributed by atoms with E-state index >= 15 is 0 Å². The predicted molar refractivity (Wildman–Crippen MR) is 48.5 cm³/mol. The highest BCUT2D eigenvalue weighted by Crippen LogP contribution is 2.07. The second kappa shape index (κ2) is 5.71. The molecule has 0 aromatic heterocycles. The van der Waals surface area contributed by atoms with Crippen molar-refractivity contribution in [2.24, 2.45) is 0 Å². The molecule has 1 aromatic carbocycles. The first-order chi connectivity index (χ1) is 6.63. The third kappa shape index (κ3) is 2.87. The van der Waals surface area contributed by atoms with Gasteiger partial charge in [-0.15, -0.1) is 0 Å². The minimum absolute atomic E-state index is 0.190. The summed E-state index contributed by atoms with van der Waals surface area (Å²) in [6.45, 7) is 0. The molecule has 0 amide bonds. The van der Waals surface area contributed by atoms with Crippen LogP contribution >= 0.6 is 0 Å². The van der Waals surface area contributed by atoms with E-state index in [4.69, 9.17) is 15.3 Å². The van der Waals surface area contributed by atoms with Gasteiger partial charge in [-0.05, 0) is 12.1 Å². The molecule has 3 N–H and O–H groups in total. The Morgan fingerprint density at radius 1 is 0.929 bits per heavy atom. The lowest BCUT2D eigenvalue weighted by Gasteiger charge is -1.98. The van der Waals surface area contributed by atoms with Crippen molar-refractivity contribution in [3.8, 4) is 0 Å². The average molecular weight is 198 g/mol. The Morgan fingerprint density at radius 3 is 1.43 bits per heavy atom. The highest BCUT2D eigenvalue weighted by atomic mass is 16.4. The van der Waals surface area contributed by atoms with Gasteiger partial charge in [0.25, 0.3) is 0 Å². The van der Waals surface area contributed by atoms with Crippen molar-refractivity contribution in [2.45, 2.75) is 0 Å². The smallest absolute Gasteiger partial charge is 0.336 e. The molecule has 0 spiro atoms. The van der Waals surface area contributed by atoms with Crippen LogP contribution in [0.2, 0.25) is 0 Å². The molecule has 14 heavy (non-hydrogen) atoms. The number of aromatic carboxylic acids is 2. The second-order valence-corrected chi connectivity index (χ2v) is 2.16. The van der Waals surface area contributed by atoms with Gasteiger partial charge in [-0.2, -0.15) is 0 Å². The summed E-state index contributed by atoms with van der Waals surface area (Å²) in [5.41, 5.74) is -0.380. The molecule has 0 heterocycles. The molecule has 0 aliphatic carbocycles. The number of benzene rings is 1. The van der Waals surface area contributed by atoms with Crippen LogP contribution in [0.25, 0.3) is 0 Å². The first kappa shape index (κ1) is 12.1. The van der Waals surface area contributed by atoms with Gasteiger partial charge in [0.05, 0.1) is 11.1 Å². The van der Waals surface area contributed by atoms with Crippen LogP contribution < -0.4 is 0 Å². The highest BCUT2D eigenvalue weighted by molar-refractivity contribution is 6.01. The third-order valence-electron chi connectivity index (χ3n) is 1.39. The van der Waals surface area contributed by atoms with Gasteiger partial charge in [0.2, 0.25) is 0 Å². The van der Waals surface area contributed by atoms with Gasteiger partial charge in [-0.25, -0.2) is 9.59 Å². The fourth-order valence-electron chi connectivity index (χ4n) is 0.856. The van der Waals surface area contributed by atoms with E-state index in [1.807, 2.05) is 0 Å². The van der Waals surface area contributed by atoms with Crippen molar-refractivity contribution < 1.29 is 24.9 Å².